The van der Waals surface area contributed by atoms with Gasteiger partial charge in [-0.2, -0.15) is 11.8 Å². The van der Waals surface area contributed by atoms with Gasteiger partial charge in [0, 0.05) is 42.4 Å². The first-order chi connectivity index (χ1) is 13.1. The van der Waals surface area contributed by atoms with Crippen LogP contribution in [0.4, 0.5) is 0 Å². The standard InChI is InChI=1S/C20H20N2O4S/c23-19(24)9-17-12-27-6-4-22(17)20(25)16-8-15(10-21-11-16)13-1-2-18-14(7-13)3-5-26-18/h1-2,7-8,10-11,17H,3-6,9,12H2,(H,23,24). The largest absolute Gasteiger partial charge is 0.493 e. The predicted molar refractivity (Wildman–Crippen MR) is 103 cm³/mol. The predicted octanol–water partition coefficient (Wildman–Crippen LogP) is 2.72. The lowest BCUT2D eigenvalue weighted by Crippen LogP contribution is -2.47. The molecular formula is C20H20N2O4S. The van der Waals surface area contributed by atoms with E-state index in [4.69, 9.17) is 9.84 Å². The minimum Gasteiger partial charge on any atom is -0.493 e. The van der Waals surface area contributed by atoms with Crippen LogP contribution < -0.4 is 4.74 Å². The molecule has 2 aromatic rings. The highest BCUT2D eigenvalue weighted by Crippen LogP contribution is 2.31. The quantitative estimate of drug-likeness (QED) is 0.873. The van der Waals surface area contributed by atoms with E-state index in [1.807, 2.05) is 18.2 Å². The van der Waals surface area contributed by atoms with E-state index in [-0.39, 0.29) is 18.4 Å². The highest BCUT2D eigenvalue weighted by Gasteiger charge is 2.29. The molecule has 3 heterocycles. The molecule has 0 spiro atoms. The molecule has 1 N–H and O–H groups in total. The van der Waals surface area contributed by atoms with E-state index in [1.54, 1.807) is 29.1 Å². The number of carbonyl (C=O) groups is 2. The van der Waals surface area contributed by atoms with Crippen molar-refractivity contribution in [1.29, 1.82) is 0 Å². The third kappa shape index (κ3) is 3.78. The van der Waals surface area contributed by atoms with Gasteiger partial charge in [-0.1, -0.05) is 6.07 Å². The maximum atomic E-state index is 13.0. The number of nitrogens with zero attached hydrogens (tertiary/aromatic N) is 2. The van der Waals surface area contributed by atoms with Crippen molar-refractivity contribution < 1.29 is 19.4 Å². The van der Waals surface area contributed by atoms with E-state index in [0.717, 1.165) is 29.1 Å². The van der Waals surface area contributed by atoms with Crippen LogP contribution in [0.25, 0.3) is 11.1 Å². The molecular weight excluding hydrogens is 364 g/mol. The summed E-state index contributed by atoms with van der Waals surface area (Å²) in [7, 11) is 0. The van der Waals surface area contributed by atoms with Crippen molar-refractivity contribution in [3.63, 3.8) is 0 Å². The summed E-state index contributed by atoms with van der Waals surface area (Å²) in [6, 6.07) is 7.57. The normalized spacial score (nSPS) is 18.7. The molecule has 1 saturated heterocycles. The smallest absolute Gasteiger partial charge is 0.305 e. The van der Waals surface area contributed by atoms with E-state index >= 15 is 0 Å². The average molecular weight is 384 g/mol. The maximum Gasteiger partial charge on any atom is 0.305 e. The summed E-state index contributed by atoms with van der Waals surface area (Å²) in [5.41, 5.74) is 3.53. The zero-order valence-corrected chi connectivity index (χ0v) is 15.6. The van der Waals surface area contributed by atoms with Crippen LogP contribution in [0.15, 0.2) is 36.7 Å². The number of aliphatic carboxylic acids is 1. The number of thioether (sulfide) groups is 1. The summed E-state index contributed by atoms with van der Waals surface area (Å²) in [5, 5.41) is 9.14. The molecule has 0 radical (unpaired) electrons. The number of aromatic nitrogens is 1. The first kappa shape index (κ1) is 17.9. The molecule has 0 saturated carbocycles. The highest BCUT2D eigenvalue weighted by molar-refractivity contribution is 7.99. The number of hydrogen-bond donors (Lipinski definition) is 1. The minimum atomic E-state index is -0.882. The zero-order valence-electron chi connectivity index (χ0n) is 14.8. The summed E-state index contributed by atoms with van der Waals surface area (Å²) in [6.45, 7) is 1.26. The fraction of sp³-hybridized carbons (Fsp3) is 0.350. The van der Waals surface area contributed by atoms with Crippen molar-refractivity contribution >= 4 is 23.6 Å². The summed E-state index contributed by atoms with van der Waals surface area (Å²) >= 11 is 1.69. The molecule has 1 amide bonds. The number of fused-ring (bicyclic) bond motifs is 1. The number of carboxylic acids is 1. The van der Waals surface area contributed by atoms with Crippen molar-refractivity contribution in [2.45, 2.75) is 18.9 Å². The van der Waals surface area contributed by atoms with Gasteiger partial charge in [0.05, 0.1) is 24.6 Å². The van der Waals surface area contributed by atoms with Crippen molar-refractivity contribution in [3.05, 3.63) is 47.8 Å². The monoisotopic (exact) mass is 384 g/mol. The van der Waals surface area contributed by atoms with Crippen LogP contribution >= 0.6 is 11.8 Å². The van der Waals surface area contributed by atoms with Crippen LogP contribution in [0.5, 0.6) is 5.75 Å². The molecule has 27 heavy (non-hydrogen) atoms. The topological polar surface area (TPSA) is 79.7 Å². The molecule has 4 rings (SSSR count). The van der Waals surface area contributed by atoms with Gasteiger partial charge in [-0.25, -0.2) is 0 Å². The van der Waals surface area contributed by atoms with Crippen molar-refractivity contribution in [2.75, 3.05) is 24.7 Å². The number of carboxylic acid groups (broad SMARTS) is 1. The van der Waals surface area contributed by atoms with Gasteiger partial charge in [-0.3, -0.25) is 14.6 Å². The Bertz CT molecular complexity index is 886. The first-order valence-corrected chi connectivity index (χ1v) is 10.1. The van der Waals surface area contributed by atoms with Gasteiger partial charge in [0.15, 0.2) is 0 Å². The average Bonchev–Trinajstić information content (AvgIpc) is 3.15. The molecule has 1 aromatic carbocycles. The number of pyridine rings is 1. The van der Waals surface area contributed by atoms with Crippen molar-refractivity contribution in [3.8, 4) is 16.9 Å². The molecule has 0 aliphatic carbocycles. The van der Waals surface area contributed by atoms with Gasteiger partial charge < -0.3 is 14.7 Å². The summed E-state index contributed by atoms with van der Waals surface area (Å²) < 4.78 is 5.55. The lowest BCUT2D eigenvalue weighted by molar-refractivity contribution is -0.138. The molecule has 2 aliphatic heterocycles. The van der Waals surface area contributed by atoms with Crippen LogP contribution in [0.2, 0.25) is 0 Å². The second-order valence-corrected chi connectivity index (χ2v) is 7.86. The fourth-order valence-electron chi connectivity index (χ4n) is 3.54. The lowest BCUT2D eigenvalue weighted by atomic mass is 10.0. The molecule has 1 atom stereocenters. The molecule has 1 unspecified atom stereocenters. The van der Waals surface area contributed by atoms with Gasteiger partial charge in [-0.15, -0.1) is 0 Å². The number of hydrogen-bond acceptors (Lipinski definition) is 5. The van der Waals surface area contributed by atoms with Crippen LogP contribution in [0, 0.1) is 0 Å². The van der Waals surface area contributed by atoms with Gasteiger partial charge in [0.25, 0.3) is 5.91 Å². The SMILES string of the molecule is O=C(O)CC1CSCCN1C(=O)c1cncc(-c2ccc3c(c2)CCO3)c1. The zero-order chi connectivity index (χ0) is 18.8. The molecule has 0 bridgehead atoms. The Kier molecular flexibility index (Phi) is 5.03. The highest BCUT2D eigenvalue weighted by atomic mass is 32.2. The Balaban J connectivity index is 1.59. The molecule has 1 fully saturated rings. The number of amides is 1. The number of benzene rings is 1. The van der Waals surface area contributed by atoms with E-state index in [1.165, 1.54) is 5.56 Å². The first-order valence-electron chi connectivity index (χ1n) is 8.93. The van der Waals surface area contributed by atoms with Crippen LogP contribution in [-0.2, 0) is 11.2 Å². The molecule has 140 valence electrons. The number of ether oxygens (including phenoxy) is 1. The molecule has 1 aromatic heterocycles. The maximum absolute atomic E-state index is 13.0. The van der Waals surface area contributed by atoms with E-state index in [0.29, 0.717) is 24.5 Å². The second kappa shape index (κ2) is 7.60. The Hall–Kier alpha value is -2.54. The lowest BCUT2D eigenvalue weighted by Gasteiger charge is -2.34. The van der Waals surface area contributed by atoms with Gasteiger partial charge >= 0.3 is 5.97 Å². The Morgan fingerprint density at radius 1 is 1.26 bits per heavy atom. The Morgan fingerprint density at radius 2 is 2.15 bits per heavy atom. The summed E-state index contributed by atoms with van der Waals surface area (Å²) in [5.74, 6) is 1.35. The molecule has 7 heteroatoms. The number of rotatable bonds is 4. The van der Waals surface area contributed by atoms with E-state index in [2.05, 4.69) is 11.1 Å². The van der Waals surface area contributed by atoms with Crippen molar-refractivity contribution in [1.82, 2.24) is 9.88 Å². The number of carbonyl (C=O) groups excluding carboxylic acids is 1. The van der Waals surface area contributed by atoms with Crippen molar-refractivity contribution in [2.24, 2.45) is 0 Å². The minimum absolute atomic E-state index is 0.0311. The van der Waals surface area contributed by atoms with Crippen LogP contribution in [-0.4, -0.2) is 57.6 Å². The molecule has 6 nitrogen and oxygen atoms in total. The van der Waals surface area contributed by atoms with Gasteiger partial charge in [0.2, 0.25) is 0 Å². The second-order valence-electron chi connectivity index (χ2n) is 6.71. The van der Waals surface area contributed by atoms with E-state index in [9.17, 15) is 9.59 Å². The Labute approximate surface area is 161 Å². The van der Waals surface area contributed by atoms with E-state index < -0.39 is 5.97 Å². The van der Waals surface area contributed by atoms with Gasteiger partial charge in [0.1, 0.15) is 5.75 Å². The van der Waals surface area contributed by atoms with Crippen LogP contribution in [0.1, 0.15) is 22.3 Å². The summed E-state index contributed by atoms with van der Waals surface area (Å²) in [6.07, 6.45) is 4.16. The van der Waals surface area contributed by atoms with Crippen LogP contribution in [0.3, 0.4) is 0 Å². The third-order valence-corrected chi connectivity index (χ3v) is 6.00. The van der Waals surface area contributed by atoms with Gasteiger partial charge in [-0.05, 0) is 29.3 Å². The summed E-state index contributed by atoms with van der Waals surface area (Å²) in [4.78, 5) is 30.1. The molecule has 2 aliphatic rings. The Morgan fingerprint density at radius 3 is 3.00 bits per heavy atom. The fourth-order valence-corrected chi connectivity index (χ4v) is 4.60. The third-order valence-electron chi connectivity index (χ3n) is 4.91.